The molecule has 4 fully saturated rings. The summed E-state index contributed by atoms with van der Waals surface area (Å²) in [7, 11) is 0. The molecule has 0 aromatic carbocycles. The molecule has 0 aromatic heterocycles. The van der Waals surface area contributed by atoms with Gasteiger partial charge in [0, 0.05) is 17.3 Å². The van der Waals surface area contributed by atoms with Gasteiger partial charge in [-0.3, -0.25) is 4.79 Å². The number of aliphatic hydroxyl groups is 2. The van der Waals surface area contributed by atoms with Gasteiger partial charge < -0.3 is 10.2 Å². The fraction of sp³-hybridized carbons (Fsp3) is 0.947. The number of carbonyl (C=O) groups is 1. The van der Waals surface area contributed by atoms with Gasteiger partial charge in [-0.1, -0.05) is 13.8 Å². The number of aliphatic hydroxyl groups excluding tert-OH is 2. The van der Waals surface area contributed by atoms with Crippen LogP contribution in [-0.2, 0) is 4.79 Å². The minimum Gasteiger partial charge on any atom is -0.393 e. The van der Waals surface area contributed by atoms with Crippen LogP contribution in [0, 0.1) is 28.6 Å². The molecule has 0 unspecified atom stereocenters. The molecule has 0 amide bonds. The smallest absolute Gasteiger partial charge is 0.145 e. The fourth-order valence-electron chi connectivity index (χ4n) is 7.01. The molecule has 4 saturated carbocycles. The maximum absolute atomic E-state index is 16.6. The third-order valence-electron chi connectivity index (χ3n) is 8.42. The molecule has 0 heterocycles. The van der Waals surface area contributed by atoms with Gasteiger partial charge in [0.15, 0.2) is 0 Å². The van der Waals surface area contributed by atoms with E-state index in [0.29, 0.717) is 25.7 Å². The summed E-state index contributed by atoms with van der Waals surface area (Å²) >= 11 is 0. The molecule has 130 valence electrons. The predicted molar refractivity (Wildman–Crippen MR) is 84.5 cm³/mol. The van der Waals surface area contributed by atoms with Crippen LogP contribution in [-0.4, -0.2) is 33.9 Å². The molecule has 4 aliphatic rings. The van der Waals surface area contributed by atoms with Crippen LogP contribution in [0.3, 0.4) is 0 Å². The van der Waals surface area contributed by atoms with Crippen LogP contribution in [0.15, 0.2) is 0 Å². The quantitative estimate of drug-likeness (QED) is 0.720. The molecule has 3 nitrogen and oxygen atoms in total. The van der Waals surface area contributed by atoms with Crippen molar-refractivity contribution in [2.75, 3.05) is 0 Å². The van der Waals surface area contributed by atoms with E-state index in [0.717, 1.165) is 19.3 Å². The lowest BCUT2D eigenvalue weighted by Crippen LogP contribution is -2.69. The molecule has 8 atom stereocenters. The average molecular weight is 324 g/mol. The number of hydrogen-bond donors (Lipinski definition) is 2. The molecule has 0 aliphatic heterocycles. The lowest BCUT2D eigenvalue weighted by molar-refractivity contribution is -0.244. The van der Waals surface area contributed by atoms with Crippen LogP contribution in [0.4, 0.5) is 4.39 Å². The van der Waals surface area contributed by atoms with Gasteiger partial charge in [0.25, 0.3) is 0 Å². The highest BCUT2D eigenvalue weighted by Crippen LogP contribution is 2.68. The molecule has 0 bridgehead atoms. The zero-order valence-corrected chi connectivity index (χ0v) is 14.2. The Morgan fingerprint density at radius 3 is 2.57 bits per heavy atom. The first-order valence-electron chi connectivity index (χ1n) is 9.32. The molecule has 0 radical (unpaired) electrons. The largest absolute Gasteiger partial charge is 0.393 e. The van der Waals surface area contributed by atoms with Crippen molar-refractivity contribution in [1.82, 2.24) is 0 Å². The van der Waals surface area contributed by atoms with Crippen molar-refractivity contribution in [3.05, 3.63) is 0 Å². The van der Waals surface area contributed by atoms with Crippen molar-refractivity contribution in [2.45, 2.75) is 83.1 Å². The van der Waals surface area contributed by atoms with Crippen molar-refractivity contribution in [3.63, 3.8) is 0 Å². The van der Waals surface area contributed by atoms with Gasteiger partial charge >= 0.3 is 0 Å². The molecule has 23 heavy (non-hydrogen) atoms. The molecule has 0 saturated heterocycles. The third kappa shape index (κ3) is 1.80. The number of alkyl halides is 1. The Labute approximate surface area is 137 Å². The number of ketones is 1. The summed E-state index contributed by atoms with van der Waals surface area (Å²) < 4.78 is 16.6. The summed E-state index contributed by atoms with van der Waals surface area (Å²) in [5, 5.41) is 20.9. The number of halogens is 1. The maximum atomic E-state index is 16.6. The van der Waals surface area contributed by atoms with Crippen molar-refractivity contribution >= 4 is 5.78 Å². The van der Waals surface area contributed by atoms with Gasteiger partial charge in [0.05, 0.1) is 12.2 Å². The first kappa shape index (κ1) is 16.0. The Morgan fingerprint density at radius 2 is 1.83 bits per heavy atom. The highest BCUT2D eigenvalue weighted by Gasteiger charge is 2.71. The molecule has 2 N–H and O–H groups in total. The number of Topliss-reactive ketones (excluding diaryl/α,β-unsaturated/α-hetero) is 1. The third-order valence-corrected chi connectivity index (χ3v) is 8.42. The van der Waals surface area contributed by atoms with Gasteiger partial charge in [0.2, 0.25) is 0 Å². The molecule has 0 spiro atoms. The number of fused-ring (bicyclic) bond motifs is 5. The average Bonchev–Trinajstić information content (AvgIpc) is 2.77. The standard InChI is InChI=1S/C19H29FO3/c1-17-10-16(23)19(20)14(13(17)5-6-15(17)22)4-3-11-9-12(21)7-8-18(11,19)2/h11-14,16,21,23H,3-10H2,1-2H3/t11-,12+,13-,14+,16+,17+,18-,19-/m1/s1. The van der Waals surface area contributed by atoms with Crippen LogP contribution in [0.2, 0.25) is 0 Å². The molecule has 0 aromatic rings. The monoisotopic (exact) mass is 324 g/mol. The molecule has 4 aliphatic carbocycles. The molecule has 4 rings (SSSR count). The SMILES string of the molecule is C[C@]12C[C@H](O)[C@]3(F)[C@@H](CC[C@@H]4C[C@@H](O)CC[C@]43C)[C@H]1CCC2=O. The minimum absolute atomic E-state index is 0.0769. The number of rotatable bonds is 0. The van der Waals surface area contributed by atoms with E-state index in [-0.39, 0.29) is 36.1 Å². The Morgan fingerprint density at radius 1 is 1.09 bits per heavy atom. The second-order valence-electron chi connectivity index (χ2n) is 9.20. The zero-order chi connectivity index (χ0) is 16.6. The number of carbonyl (C=O) groups excluding carboxylic acids is 1. The molecular weight excluding hydrogens is 295 g/mol. The normalized spacial score (nSPS) is 59.2. The lowest BCUT2D eigenvalue weighted by atomic mass is 9.43. The predicted octanol–water partition coefficient (Wildman–Crippen LogP) is 3.02. The Bertz CT molecular complexity index is 537. The summed E-state index contributed by atoms with van der Waals surface area (Å²) in [4.78, 5) is 12.4. The lowest BCUT2D eigenvalue weighted by Gasteiger charge is -2.64. The van der Waals surface area contributed by atoms with E-state index in [1.54, 1.807) is 0 Å². The minimum atomic E-state index is -1.61. The van der Waals surface area contributed by atoms with Crippen LogP contribution >= 0.6 is 0 Å². The Hall–Kier alpha value is -0.480. The van der Waals surface area contributed by atoms with Crippen molar-refractivity contribution in [3.8, 4) is 0 Å². The second-order valence-corrected chi connectivity index (χ2v) is 9.20. The summed E-state index contributed by atoms with van der Waals surface area (Å²) in [6, 6.07) is 0. The number of hydrogen-bond acceptors (Lipinski definition) is 3. The van der Waals surface area contributed by atoms with Crippen LogP contribution in [0.5, 0.6) is 0 Å². The zero-order valence-electron chi connectivity index (χ0n) is 14.2. The summed E-state index contributed by atoms with van der Waals surface area (Å²) in [5.74, 6) is 0.228. The second kappa shape index (κ2) is 4.78. The highest BCUT2D eigenvalue weighted by atomic mass is 19.1. The summed E-state index contributed by atoms with van der Waals surface area (Å²) in [5.41, 5.74) is -2.70. The van der Waals surface area contributed by atoms with Crippen LogP contribution in [0.1, 0.15) is 65.2 Å². The first-order valence-corrected chi connectivity index (χ1v) is 9.32. The van der Waals surface area contributed by atoms with Gasteiger partial charge in [-0.2, -0.15) is 0 Å². The Kier molecular flexibility index (Phi) is 3.33. The topological polar surface area (TPSA) is 57.5 Å². The van der Waals surface area contributed by atoms with Gasteiger partial charge in [0.1, 0.15) is 11.5 Å². The van der Waals surface area contributed by atoms with E-state index in [4.69, 9.17) is 0 Å². The van der Waals surface area contributed by atoms with Crippen LogP contribution in [0.25, 0.3) is 0 Å². The van der Waals surface area contributed by atoms with E-state index in [1.165, 1.54) is 0 Å². The molecule has 4 heteroatoms. The van der Waals surface area contributed by atoms with Crippen molar-refractivity contribution in [2.24, 2.45) is 28.6 Å². The van der Waals surface area contributed by atoms with E-state index in [1.807, 2.05) is 13.8 Å². The van der Waals surface area contributed by atoms with Crippen molar-refractivity contribution < 1.29 is 19.4 Å². The van der Waals surface area contributed by atoms with E-state index < -0.39 is 22.6 Å². The van der Waals surface area contributed by atoms with Crippen LogP contribution < -0.4 is 0 Å². The first-order chi connectivity index (χ1) is 10.7. The van der Waals surface area contributed by atoms with Gasteiger partial charge in [-0.05, 0) is 62.7 Å². The highest BCUT2D eigenvalue weighted by molar-refractivity contribution is 5.87. The maximum Gasteiger partial charge on any atom is 0.145 e. The summed E-state index contributed by atoms with van der Waals surface area (Å²) in [6.45, 7) is 3.95. The summed E-state index contributed by atoms with van der Waals surface area (Å²) in [6.07, 6.45) is 3.79. The van der Waals surface area contributed by atoms with Crippen molar-refractivity contribution in [1.29, 1.82) is 0 Å². The molecular formula is C19H29FO3. The van der Waals surface area contributed by atoms with E-state index in [2.05, 4.69) is 0 Å². The van der Waals surface area contributed by atoms with Gasteiger partial charge in [-0.15, -0.1) is 0 Å². The van der Waals surface area contributed by atoms with E-state index in [9.17, 15) is 15.0 Å². The van der Waals surface area contributed by atoms with E-state index >= 15 is 4.39 Å². The van der Waals surface area contributed by atoms with Gasteiger partial charge in [-0.25, -0.2) is 4.39 Å². The Balaban J connectivity index is 1.76. The fourth-order valence-corrected chi connectivity index (χ4v) is 7.01.